The van der Waals surface area contributed by atoms with Crippen molar-refractivity contribution in [3.63, 3.8) is 0 Å². The van der Waals surface area contributed by atoms with Crippen LogP contribution < -0.4 is 0 Å². The van der Waals surface area contributed by atoms with Crippen LogP contribution in [0.2, 0.25) is 0 Å². The number of hydrogen-bond acceptors (Lipinski definition) is 7. The van der Waals surface area contributed by atoms with E-state index >= 15 is 0 Å². The van der Waals surface area contributed by atoms with Crippen LogP contribution in [0.3, 0.4) is 0 Å². The molecule has 101 heavy (non-hydrogen) atoms. The Labute approximate surface area is 584 Å². The number of aromatic nitrogens is 7. The highest BCUT2D eigenvalue weighted by molar-refractivity contribution is 7.26. The van der Waals surface area contributed by atoms with Gasteiger partial charge < -0.3 is 4.57 Å². The quantitative estimate of drug-likeness (QED) is 0.142. The summed E-state index contributed by atoms with van der Waals surface area (Å²) in [7, 11) is 0. The van der Waals surface area contributed by atoms with Gasteiger partial charge in [0.15, 0.2) is 0 Å². The molecule has 1 aliphatic carbocycles. The molecule has 0 radical (unpaired) electrons. The maximum Gasteiger partial charge on any atom is 0.235 e. The highest BCUT2D eigenvalue weighted by Gasteiger charge is 2.36. The van der Waals surface area contributed by atoms with Crippen molar-refractivity contribution in [2.45, 2.75) is 19.3 Å². The Morgan fingerprint density at radius 2 is 0.842 bits per heavy atom. The lowest BCUT2D eigenvalue weighted by Crippen LogP contribution is -2.14. The van der Waals surface area contributed by atoms with E-state index in [4.69, 9.17) is 19.9 Å². The predicted molar refractivity (Wildman–Crippen MR) is 413 cm³/mol. The molecule has 6 heterocycles. The fourth-order valence-corrected chi connectivity index (χ4v) is 17.2. The molecular formula is C91H55N9S. The minimum atomic E-state index is -0.169. The third kappa shape index (κ3) is 8.99. The first-order valence-electron chi connectivity index (χ1n) is 33.9. The van der Waals surface area contributed by atoms with Crippen LogP contribution in [0.5, 0.6) is 0 Å². The Morgan fingerprint density at radius 1 is 0.317 bits per heavy atom. The number of nitriles is 2. The van der Waals surface area contributed by atoms with E-state index in [1.165, 1.54) is 58.7 Å². The summed E-state index contributed by atoms with van der Waals surface area (Å²) in [6.45, 7) is 4.70. The van der Waals surface area contributed by atoms with Crippen molar-refractivity contribution in [2.75, 3.05) is 0 Å². The van der Waals surface area contributed by atoms with E-state index in [0.717, 1.165) is 111 Å². The maximum absolute atomic E-state index is 10.2. The minimum Gasteiger partial charge on any atom is -0.309 e. The number of thiophene rings is 1. The van der Waals surface area contributed by atoms with Crippen LogP contribution in [-0.4, -0.2) is 33.6 Å². The molecule has 0 bridgehead atoms. The molecule has 1 aliphatic rings. The first kappa shape index (κ1) is 57.8. The van der Waals surface area contributed by atoms with Gasteiger partial charge in [-0.1, -0.05) is 214 Å². The molecule has 6 aromatic heterocycles. The van der Waals surface area contributed by atoms with E-state index < -0.39 is 0 Å². The summed E-state index contributed by atoms with van der Waals surface area (Å²) in [5.74, 6) is 1.03. The van der Waals surface area contributed by atoms with Crippen LogP contribution in [0.15, 0.2) is 297 Å². The van der Waals surface area contributed by atoms with Gasteiger partial charge in [-0.15, -0.1) is 11.3 Å². The van der Waals surface area contributed by atoms with E-state index in [1.54, 1.807) is 11.3 Å². The monoisotopic (exact) mass is 1310 g/mol. The Hall–Kier alpha value is -13.4. The zero-order chi connectivity index (χ0) is 67.2. The predicted octanol–water partition coefficient (Wildman–Crippen LogP) is 23.0. The average molecular weight is 1310 g/mol. The van der Waals surface area contributed by atoms with Crippen molar-refractivity contribution in [2.24, 2.45) is 0 Å². The zero-order valence-electron chi connectivity index (χ0n) is 54.7. The Morgan fingerprint density at radius 3 is 1.58 bits per heavy atom. The molecular weight excluding hydrogens is 1250 g/mol. The van der Waals surface area contributed by atoms with Gasteiger partial charge in [0.1, 0.15) is 0 Å². The number of benzene rings is 13. The van der Waals surface area contributed by atoms with E-state index in [9.17, 15) is 10.5 Å². The van der Waals surface area contributed by atoms with Gasteiger partial charge in [-0.05, 0) is 142 Å². The molecule has 0 unspecified atom stereocenters. The second-order valence-electron chi connectivity index (χ2n) is 26.8. The second-order valence-corrected chi connectivity index (χ2v) is 27.8. The summed E-state index contributed by atoms with van der Waals surface area (Å²) in [6, 6.07) is 109. The number of rotatable bonds is 9. The van der Waals surface area contributed by atoms with Gasteiger partial charge in [-0.2, -0.15) is 10.5 Å². The average Bonchev–Trinajstić information content (AvgIpc) is 1.56. The largest absolute Gasteiger partial charge is 0.309 e. The van der Waals surface area contributed by atoms with Crippen molar-refractivity contribution in [3.05, 3.63) is 320 Å². The smallest absolute Gasteiger partial charge is 0.235 e. The van der Waals surface area contributed by atoms with Crippen molar-refractivity contribution in [3.8, 4) is 108 Å². The van der Waals surface area contributed by atoms with Crippen LogP contribution >= 0.6 is 11.3 Å². The molecule has 0 aliphatic heterocycles. The minimum absolute atomic E-state index is 0.169. The summed E-state index contributed by atoms with van der Waals surface area (Å²) in [5, 5.41) is 29.5. The lowest BCUT2D eigenvalue weighted by atomic mass is 9.82. The second kappa shape index (κ2) is 22.3. The molecule has 0 amide bonds. The molecule has 9 nitrogen and oxygen atoms in total. The van der Waals surface area contributed by atoms with Crippen LogP contribution in [0.25, 0.3) is 182 Å². The molecule has 13 aromatic carbocycles. The Kier molecular flexibility index (Phi) is 12.8. The molecule has 0 atom stereocenters. The summed E-state index contributed by atoms with van der Waals surface area (Å²) in [6.07, 6.45) is 0. The van der Waals surface area contributed by atoms with Gasteiger partial charge in [0.05, 0.1) is 83.8 Å². The third-order valence-corrected chi connectivity index (χ3v) is 21.9. The molecule has 10 heteroatoms. The number of para-hydroxylation sites is 2. The summed E-state index contributed by atoms with van der Waals surface area (Å²) >= 11 is 1.79. The highest BCUT2D eigenvalue weighted by atomic mass is 32.1. The number of nitrogens with zero attached hydrogens (tertiary/aromatic N) is 9. The van der Waals surface area contributed by atoms with E-state index in [0.29, 0.717) is 34.4 Å². The van der Waals surface area contributed by atoms with Crippen LogP contribution in [0.1, 0.15) is 36.1 Å². The van der Waals surface area contributed by atoms with Crippen LogP contribution in [-0.2, 0) is 5.41 Å². The molecule has 0 N–H and O–H groups in total. The molecule has 0 saturated carbocycles. The third-order valence-electron chi connectivity index (χ3n) is 20.8. The van der Waals surface area contributed by atoms with E-state index in [2.05, 4.69) is 258 Å². The van der Waals surface area contributed by atoms with Gasteiger partial charge >= 0.3 is 0 Å². The molecule has 0 spiro atoms. The normalized spacial score (nSPS) is 12.5. The number of hydrogen-bond donors (Lipinski definition) is 0. The molecule has 470 valence electrons. The fraction of sp³-hybridized carbons (Fsp3) is 0.0330. The first-order chi connectivity index (χ1) is 49.7. The van der Waals surface area contributed by atoms with Gasteiger partial charge in [0, 0.05) is 81.1 Å². The van der Waals surface area contributed by atoms with Crippen molar-refractivity contribution >= 4 is 96.9 Å². The maximum atomic E-state index is 10.2. The first-order valence-corrected chi connectivity index (χ1v) is 34.7. The molecule has 0 fully saturated rings. The highest BCUT2D eigenvalue weighted by Crippen LogP contribution is 2.52. The lowest BCUT2D eigenvalue weighted by Gasteiger charge is -2.21. The summed E-state index contributed by atoms with van der Waals surface area (Å²) in [4.78, 5) is 22.0. The summed E-state index contributed by atoms with van der Waals surface area (Å²) in [5.41, 5.74) is 24.1. The van der Waals surface area contributed by atoms with Crippen molar-refractivity contribution in [1.29, 1.82) is 10.5 Å². The van der Waals surface area contributed by atoms with Crippen molar-refractivity contribution in [1.82, 2.24) is 33.6 Å². The number of fused-ring (bicyclic) bond motifs is 16. The molecule has 20 rings (SSSR count). The van der Waals surface area contributed by atoms with Crippen molar-refractivity contribution < 1.29 is 0 Å². The van der Waals surface area contributed by atoms with Crippen LogP contribution in [0.4, 0.5) is 0 Å². The Balaban J connectivity index is 0.786. The van der Waals surface area contributed by atoms with Gasteiger partial charge in [0.2, 0.25) is 11.9 Å². The SMILES string of the molecule is CC1(C)c2ccccc2-c2cc3c4cc(-c5ccc6c7c(-c8ccc(-c9cc(-c%10cccc(C#N)c%10)nc(-n%10c%11ccccc%11c%11ccc%12c%13ccccc%13sc%12c%11%10)n9)cc8)cccc7n(-c7nc(-c8ccccc8)cc(-c8cccc(C#N)c8)n7)c6c5)ccc4n(-c4ccccc4)c3cc21. The topological polar surface area (TPSA) is 114 Å². The fourth-order valence-electron chi connectivity index (χ4n) is 16.0. The zero-order valence-corrected chi connectivity index (χ0v) is 55.5. The lowest BCUT2D eigenvalue weighted by molar-refractivity contribution is 0.661. The van der Waals surface area contributed by atoms with Gasteiger partial charge in [-0.25, -0.2) is 19.9 Å². The Bertz CT molecular complexity index is 6820. The van der Waals surface area contributed by atoms with Gasteiger partial charge in [-0.3, -0.25) is 9.13 Å². The van der Waals surface area contributed by atoms with E-state index in [1.807, 2.05) is 78.9 Å². The molecule has 0 saturated heterocycles. The standard InChI is InChI=1S/C91H55N9S/c1-91(2)74-30-12-9-26-65(74)71-48-73-72-46-59(39-43-81(72)98(84(73)49-75(71)91)63-24-7-4-8-25-63)60-38-40-70-83(47-60)99(89-94-76(57-20-5-3-6-21-57)50-78(96-89)61-22-15-18-54(44-61)52-92)82-32-17-29-64(86(70)82)56-34-36-58(37-35-56)77-51-79(62-23-16-19-55(45-62)53-93)97-90(95-77)100-80-31-13-10-27-66(80)68-41-42-69-67-28-11-14-33-85(67)101-88(69)87(68)100/h3-51H,1-2H3. The van der Waals surface area contributed by atoms with Crippen LogP contribution in [0, 0.1) is 22.7 Å². The molecule has 19 aromatic rings. The van der Waals surface area contributed by atoms with Gasteiger partial charge in [0.25, 0.3) is 0 Å². The van der Waals surface area contributed by atoms with E-state index in [-0.39, 0.29) is 5.41 Å². The summed E-state index contributed by atoms with van der Waals surface area (Å²) < 4.78 is 9.28.